The van der Waals surface area contributed by atoms with Crippen LogP contribution in [0.25, 0.3) is 0 Å². The summed E-state index contributed by atoms with van der Waals surface area (Å²) in [5, 5.41) is 14.0. The molecule has 0 amide bonds. The number of benzene rings is 1. The van der Waals surface area contributed by atoms with E-state index in [0.717, 1.165) is 32.0 Å². The van der Waals surface area contributed by atoms with Gasteiger partial charge in [-0.25, -0.2) is 4.39 Å². The molecular formula is C12H16FN3O2. The van der Waals surface area contributed by atoms with Crippen molar-refractivity contribution in [2.75, 3.05) is 25.0 Å². The van der Waals surface area contributed by atoms with E-state index in [2.05, 4.69) is 5.32 Å². The van der Waals surface area contributed by atoms with Crippen LogP contribution in [-0.2, 0) is 0 Å². The summed E-state index contributed by atoms with van der Waals surface area (Å²) >= 11 is 0. The van der Waals surface area contributed by atoms with Crippen molar-refractivity contribution in [3.8, 4) is 0 Å². The van der Waals surface area contributed by atoms with E-state index < -0.39 is 10.7 Å². The molecule has 5 nitrogen and oxygen atoms in total. The molecule has 0 aromatic heterocycles. The van der Waals surface area contributed by atoms with E-state index in [4.69, 9.17) is 0 Å². The summed E-state index contributed by atoms with van der Waals surface area (Å²) in [4.78, 5) is 12.0. The minimum absolute atomic E-state index is 0.212. The first-order chi connectivity index (χ1) is 8.56. The Bertz CT molecular complexity index is 447. The molecule has 1 saturated heterocycles. The highest BCUT2D eigenvalue weighted by atomic mass is 19.1. The fourth-order valence-corrected chi connectivity index (χ4v) is 2.23. The molecule has 98 valence electrons. The van der Waals surface area contributed by atoms with Crippen molar-refractivity contribution < 1.29 is 9.31 Å². The van der Waals surface area contributed by atoms with Crippen LogP contribution in [0.2, 0.25) is 0 Å². The molecule has 1 heterocycles. The van der Waals surface area contributed by atoms with E-state index in [1.54, 1.807) is 0 Å². The molecule has 1 aromatic rings. The maximum Gasteiger partial charge on any atom is 0.274 e. The summed E-state index contributed by atoms with van der Waals surface area (Å²) in [5.41, 5.74) is 0.326. The molecular weight excluding hydrogens is 237 g/mol. The molecule has 0 bridgehead atoms. The molecule has 1 N–H and O–H groups in total. The molecule has 0 radical (unpaired) electrons. The number of nitrogens with zero attached hydrogens (tertiary/aromatic N) is 2. The lowest BCUT2D eigenvalue weighted by atomic mass is 10.2. The van der Waals surface area contributed by atoms with Crippen LogP contribution in [-0.4, -0.2) is 31.1 Å². The van der Waals surface area contributed by atoms with Crippen LogP contribution in [0, 0.1) is 15.9 Å². The third-order valence-corrected chi connectivity index (χ3v) is 3.18. The van der Waals surface area contributed by atoms with E-state index in [1.165, 1.54) is 12.1 Å². The quantitative estimate of drug-likeness (QED) is 0.658. The van der Waals surface area contributed by atoms with Crippen LogP contribution in [0.4, 0.5) is 15.8 Å². The van der Waals surface area contributed by atoms with Gasteiger partial charge in [-0.3, -0.25) is 10.1 Å². The van der Waals surface area contributed by atoms with E-state index in [9.17, 15) is 14.5 Å². The fourth-order valence-electron chi connectivity index (χ4n) is 2.23. The second kappa shape index (κ2) is 5.30. The Morgan fingerprint density at radius 2 is 2.33 bits per heavy atom. The molecule has 6 heteroatoms. The number of likely N-dealkylation sites (N-methyl/N-ethyl adjacent to an activating group) is 1. The fraction of sp³-hybridized carbons (Fsp3) is 0.500. The Morgan fingerprint density at radius 3 is 2.94 bits per heavy atom. The zero-order valence-corrected chi connectivity index (χ0v) is 10.2. The predicted molar refractivity (Wildman–Crippen MR) is 67.3 cm³/mol. The number of halogens is 1. The Kier molecular flexibility index (Phi) is 3.76. The number of nitro benzene ring substituents is 1. The van der Waals surface area contributed by atoms with Crippen LogP contribution < -0.4 is 10.2 Å². The first-order valence-corrected chi connectivity index (χ1v) is 5.96. The second-order valence-electron chi connectivity index (χ2n) is 4.60. The van der Waals surface area contributed by atoms with Gasteiger partial charge in [-0.2, -0.15) is 0 Å². The summed E-state index contributed by atoms with van der Waals surface area (Å²) in [6, 6.07) is 4.03. The first-order valence-electron chi connectivity index (χ1n) is 5.96. The van der Waals surface area contributed by atoms with Gasteiger partial charge < -0.3 is 10.2 Å². The minimum atomic E-state index is -0.578. The van der Waals surface area contributed by atoms with Gasteiger partial charge in [0.15, 0.2) is 0 Å². The number of anilines is 1. The van der Waals surface area contributed by atoms with Gasteiger partial charge in [0.1, 0.15) is 5.82 Å². The number of nitrogens with one attached hydrogen (secondary N) is 1. The van der Waals surface area contributed by atoms with Crippen LogP contribution in [0.5, 0.6) is 0 Å². The summed E-state index contributed by atoms with van der Waals surface area (Å²) < 4.78 is 13.3. The Labute approximate surface area is 105 Å². The molecule has 0 aliphatic carbocycles. The zero-order valence-electron chi connectivity index (χ0n) is 10.2. The van der Waals surface area contributed by atoms with Gasteiger partial charge in [0.05, 0.1) is 11.0 Å². The van der Waals surface area contributed by atoms with Crippen LogP contribution in [0.1, 0.15) is 12.8 Å². The maximum atomic E-state index is 13.3. The SMILES string of the molecule is CN(CC1CCCN1)c1cc(F)cc([N+](=O)[O-])c1. The van der Waals surface area contributed by atoms with Gasteiger partial charge in [0.2, 0.25) is 0 Å². The van der Waals surface area contributed by atoms with Crippen molar-refractivity contribution in [1.29, 1.82) is 0 Å². The Balaban J connectivity index is 2.13. The predicted octanol–water partition coefficient (Wildman–Crippen LogP) is 1.92. The van der Waals surface area contributed by atoms with Crippen LogP contribution in [0.15, 0.2) is 18.2 Å². The third kappa shape index (κ3) is 2.95. The molecule has 2 rings (SSSR count). The Hall–Kier alpha value is -1.69. The highest BCUT2D eigenvalue weighted by molar-refractivity contribution is 5.53. The molecule has 1 fully saturated rings. The van der Waals surface area contributed by atoms with Gasteiger partial charge in [0.25, 0.3) is 5.69 Å². The number of rotatable bonds is 4. The minimum Gasteiger partial charge on any atom is -0.373 e. The first kappa shape index (κ1) is 12.8. The summed E-state index contributed by atoms with van der Waals surface area (Å²) in [7, 11) is 1.82. The van der Waals surface area contributed by atoms with Crippen molar-refractivity contribution in [2.24, 2.45) is 0 Å². The zero-order chi connectivity index (χ0) is 13.1. The second-order valence-corrected chi connectivity index (χ2v) is 4.60. The standard InChI is InChI=1S/C12H16FN3O2/c1-15(8-10-3-2-4-14-10)11-5-9(13)6-12(7-11)16(17)18/h5-7,10,14H,2-4,8H2,1H3. The molecule has 0 saturated carbocycles. The third-order valence-electron chi connectivity index (χ3n) is 3.18. The van der Waals surface area contributed by atoms with Crippen LogP contribution in [0.3, 0.4) is 0 Å². The van der Waals surface area contributed by atoms with Crippen LogP contribution >= 0.6 is 0 Å². The van der Waals surface area contributed by atoms with E-state index in [0.29, 0.717) is 11.7 Å². The van der Waals surface area contributed by atoms with Crippen molar-refractivity contribution in [3.63, 3.8) is 0 Å². The van der Waals surface area contributed by atoms with Crippen molar-refractivity contribution >= 4 is 11.4 Å². The molecule has 1 atom stereocenters. The lowest BCUT2D eigenvalue weighted by Crippen LogP contribution is -2.35. The van der Waals surface area contributed by atoms with E-state index >= 15 is 0 Å². The molecule has 1 aliphatic rings. The van der Waals surface area contributed by atoms with E-state index in [1.807, 2.05) is 11.9 Å². The summed E-state index contributed by atoms with van der Waals surface area (Å²) in [6.07, 6.45) is 2.23. The monoisotopic (exact) mass is 253 g/mol. The molecule has 18 heavy (non-hydrogen) atoms. The van der Waals surface area contributed by atoms with Crippen molar-refractivity contribution in [1.82, 2.24) is 5.32 Å². The van der Waals surface area contributed by atoms with Crippen molar-refractivity contribution in [2.45, 2.75) is 18.9 Å². The molecule has 1 unspecified atom stereocenters. The number of hydrogen-bond acceptors (Lipinski definition) is 4. The Morgan fingerprint density at radius 1 is 1.56 bits per heavy atom. The largest absolute Gasteiger partial charge is 0.373 e. The van der Waals surface area contributed by atoms with Gasteiger partial charge >= 0.3 is 0 Å². The average Bonchev–Trinajstić information content (AvgIpc) is 2.80. The normalized spacial score (nSPS) is 18.9. The van der Waals surface area contributed by atoms with Gasteiger partial charge in [-0.15, -0.1) is 0 Å². The van der Waals surface area contributed by atoms with Gasteiger partial charge in [-0.1, -0.05) is 0 Å². The highest BCUT2D eigenvalue weighted by Crippen LogP contribution is 2.23. The number of non-ortho nitro benzene ring substituents is 1. The lowest BCUT2D eigenvalue weighted by molar-refractivity contribution is -0.385. The van der Waals surface area contributed by atoms with Gasteiger partial charge in [0, 0.05) is 31.4 Å². The lowest BCUT2D eigenvalue weighted by Gasteiger charge is -2.23. The van der Waals surface area contributed by atoms with Crippen molar-refractivity contribution in [3.05, 3.63) is 34.1 Å². The summed E-state index contributed by atoms with van der Waals surface area (Å²) in [5.74, 6) is -0.578. The molecule has 0 spiro atoms. The smallest absolute Gasteiger partial charge is 0.274 e. The molecule has 1 aromatic carbocycles. The average molecular weight is 253 g/mol. The topological polar surface area (TPSA) is 58.4 Å². The highest BCUT2D eigenvalue weighted by Gasteiger charge is 2.18. The van der Waals surface area contributed by atoms with Gasteiger partial charge in [-0.05, 0) is 25.5 Å². The number of hydrogen-bond donors (Lipinski definition) is 1. The van der Waals surface area contributed by atoms with E-state index in [-0.39, 0.29) is 5.69 Å². The molecule has 1 aliphatic heterocycles. The maximum absolute atomic E-state index is 13.3. The number of nitro groups is 1. The summed E-state index contributed by atoms with van der Waals surface area (Å²) in [6.45, 7) is 1.72.